The lowest BCUT2D eigenvalue weighted by molar-refractivity contribution is -0.113. The number of aromatic amines is 1. The van der Waals surface area contributed by atoms with E-state index in [2.05, 4.69) is 20.5 Å². The van der Waals surface area contributed by atoms with E-state index < -0.39 is 10.0 Å². The SMILES string of the molecule is CCN(CC)S(=O)(=O)c1ccc(NC(=O)CSc2n[nH]c(Cc3cccs3)n2)cc1. The van der Waals surface area contributed by atoms with E-state index in [1.54, 1.807) is 37.3 Å². The summed E-state index contributed by atoms with van der Waals surface area (Å²) >= 11 is 2.89. The minimum Gasteiger partial charge on any atom is -0.325 e. The zero-order valence-electron chi connectivity index (χ0n) is 16.7. The van der Waals surface area contributed by atoms with E-state index in [4.69, 9.17) is 0 Å². The number of benzene rings is 1. The van der Waals surface area contributed by atoms with E-state index in [1.807, 2.05) is 17.5 Å². The molecular weight excluding hydrogens is 442 g/mol. The molecule has 0 atom stereocenters. The van der Waals surface area contributed by atoms with Gasteiger partial charge in [-0.05, 0) is 35.7 Å². The normalized spacial score (nSPS) is 11.7. The second kappa shape index (κ2) is 10.2. The highest BCUT2D eigenvalue weighted by Gasteiger charge is 2.21. The van der Waals surface area contributed by atoms with Gasteiger partial charge in [-0.25, -0.2) is 13.4 Å². The number of nitrogens with one attached hydrogen (secondary N) is 2. The van der Waals surface area contributed by atoms with E-state index in [1.165, 1.54) is 33.1 Å². The Morgan fingerprint density at radius 1 is 1.20 bits per heavy atom. The molecule has 0 aliphatic heterocycles. The lowest BCUT2D eigenvalue weighted by Crippen LogP contribution is -2.30. The molecule has 0 unspecified atom stereocenters. The number of rotatable bonds is 10. The highest BCUT2D eigenvalue weighted by Crippen LogP contribution is 2.20. The van der Waals surface area contributed by atoms with Crippen molar-refractivity contribution in [3.05, 3.63) is 52.5 Å². The number of thioether (sulfide) groups is 1. The molecular formula is C19H23N5O3S3. The summed E-state index contributed by atoms with van der Waals surface area (Å²) in [6.45, 7) is 4.41. The van der Waals surface area contributed by atoms with Crippen LogP contribution in [0.25, 0.3) is 0 Å². The molecule has 0 aliphatic rings. The maximum absolute atomic E-state index is 12.5. The predicted octanol–water partition coefficient (Wildman–Crippen LogP) is 3.22. The van der Waals surface area contributed by atoms with Gasteiger partial charge < -0.3 is 5.32 Å². The highest BCUT2D eigenvalue weighted by molar-refractivity contribution is 7.99. The number of aromatic nitrogens is 3. The number of hydrogen-bond acceptors (Lipinski definition) is 7. The van der Waals surface area contributed by atoms with Crippen molar-refractivity contribution in [1.29, 1.82) is 0 Å². The molecule has 30 heavy (non-hydrogen) atoms. The largest absolute Gasteiger partial charge is 0.325 e. The first kappa shape index (κ1) is 22.5. The van der Waals surface area contributed by atoms with Gasteiger partial charge in [-0.15, -0.1) is 16.4 Å². The first-order chi connectivity index (χ1) is 14.4. The standard InChI is InChI=1S/C19H23N5O3S3/c1-3-24(4-2)30(26,27)16-9-7-14(8-10-16)20-18(25)13-29-19-21-17(22-23-19)12-15-6-5-11-28-15/h5-11H,3-4,12-13H2,1-2H3,(H,20,25)(H,21,22,23). The molecule has 1 aromatic carbocycles. The fourth-order valence-corrected chi connectivity index (χ4v) is 5.53. The molecule has 0 bridgehead atoms. The molecule has 160 valence electrons. The van der Waals surface area contributed by atoms with Crippen molar-refractivity contribution in [3.8, 4) is 0 Å². The van der Waals surface area contributed by atoms with Gasteiger partial charge in [0.05, 0.1) is 10.6 Å². The number of sulfonamides is 1. The third-order valence-electron chi connectivity index (χ3n) is 4.25. The number of nitrogens with zero attached hydrogens (tertiary/aromatic N) is 3. The number of anilines is 1. The van der Waals surface area contributed by atoms with Gasteiger partial charge in [0.1, 0.15) is 5.82 Å². The molecule has 11 heteroatoms. The van der Waals surface area contributed by atoms with Crippen LogP contribution in [0.15, 0.2) is 51.8 Å². The van der Waals surface area contributed by atoms with Gasteiger partial charge in [0.25, 0.3) is 0 Å². The maximum Gasteiger partial charge on any atom is 0.243 e. The summed E-state index contributed by atoms with van der Waals surface area (Å²) < 4.78 is 26.4. The number of amides is 1. The van der Waals surface area contributed by atoms with Gasteiger partial charge >= 0.3 is 0 Å². The van der Waals surface area contributed by atoms with E-state index in [0.717, 1.165) is 5.82 Å². The Kier molecular flexibility index (Phi) is 7.64. The Morgan fingerprint density at radius 3 is 2.57 bits per heavy atom. The Hall–Kier alpha value is -2.21. The van der Waals surface area contributed by atoms with Crippen LogP contribution in [0.2, 0.25) is 0 Å². The number of carbonyl (C=O) groups excluding carboxylic acids is 1. The average Bonchev–Trinajstić information content (AvgIpc) is 3.40. The summed E-state index contributed by atoms with van der Waals surface area (Å²) in [5, 5.41) is 12.3. The van der Waals surface area contributed by atoms with Gasteiger partial charge in [-0.3, -0.25) is 9.89 Å². The fourth-order valence-electron chi connectivity index (χ4n) is 2.75. The Bertz CT molecular complexity index is 1060. The molecule has 8 nitrogen and oxygen atoms in total. The molecule has 0 radical (unpaired) electrons. The molecule has 0 spiro atoms. The Labute approximate surface area is 184 Å². The summed E-state index contributed by atoms with van der Waals surface area (Å²) in [6.07, 6.45) is 0.681. The van der Waals surface area contributed by atoms with Crippen molar-refractivity contribution in [2.24, 2.45) is 0 Å². The van der Waals surface area contributed by atoms with Gasteiger partial charge in [-0.1, -0.05) is 31.7 Å². The fraction of sp³-hybridized carbons (Fsp3) is 0.316. The Balaban J connectivity index is 1.52. The van der Waals surface area contributed by atoms with Crippen molar-refractivity contribution >= 4 is 44.7 Å². The van der Waals surface area contributed by atoms with Gasteiger partial charge in [0.2, 0.25) is 21.1 Å². The minimum atomic E-state index is -3.51. The van der Waals surface area contributed by atoms with E-state index in [-0.39, 0.29) is 16.6 Å². The van der Waals surface area contributed by atoms with Gasteiger partial charge in [0.15, 0.2) is 0 Å². The minimum absolute atomic E-state index is 0.149. The summed E-state index contributed by atoms with van der Waals surface area (Å²) in [5.41, 5.74) is 0.535. The van der Waals surface area contributed by atoms with Crippen LogP contribution in [-0.4, -0.2) is 52.7 Å². The maximum atomic E-state index is 12.5. The average molecular weight is 466 g/mol. The third-order valence-corrected chi connectivity index (χ3v) is 8.03. The van der Waals surface area contributed by atoms with Crippen LogP contribution in [0.5, 0.6) is 0 Å². The molecule has 0 saturated carbocycles. The van der Waals surface area contributed by atoms with Crippen molar-refractivity contribution < 1.29 is 13.2 Å². The lowest BCUT2D eigenvalue weighted by atomic mass is 10.3. The van der Waals surface area contributed by atoms with Crippen LogP contribution in [-0.2, 0) is 21.2 Å². The quantitative estimate of drug-likeness (QED) is 0.445. The zero-order valence-corrected chi connectivity index (χ0v) is 19.1. The summed E-state index contributed by atoms with van der Waals surface area (Å²) in [5.74, 6) is 0.685. The first-order valence-electron chi connectivity index (χ1n) is 9.39. The summed E-state index contributed by atoms with van der Waals surface area (Å²) in [7, 11) is -3.51. The van der Waals surface area contributed by atoms with Gasteiger partial charge in [-0.2, -0.15) is 4.31 Å². The summed E-state index contributed by atoms with van der Waals surface area (Å²) in [6, 6.07) is 10.2. The van der Waals surface area contributed by atoms with Crippen molar-refractivity contribution in [3.63, 3.8) is 0 Å². The van der Waals surface area contributed by atoms with Crippen LogP contribution in [0.4, 0.5) is 5.69 Å². The number of thiophene rings is 1. The predicted molar refractivity (Wildman–Crippen MR) is 119 cm³/mol. The topological polar surface area (TPSA) is 108 Å². The molecule has 2 N–H and O–H groups in total. The monoisotopic (exact) mass is 465 g/mol. The molecule has 1 amide bonds. The van der Waals surface area contributed by atoms with Crippen LogP contribution in [0.1, 0.15) is 24.5 Å². The molecule has 0 saturated heterocycles. The van der Waals surface area contributed by atoms with Gasteiger partial charge in [0, 0.05) is 30.1 Å². The van der Waals surface area contributed by atoms with Crippen LogP contribution in [0.3, 0.4) is 0 Å². The first-order valence-corrected chi connectivity index (χ1v) is 12.7. The highest BCUT2D eigenvalue weighted by atomic mass is 32.2. The van der Waals surface area contributed by atoms with E-state index >= 15 is 0 Å². The number of H-pyrrole nitrogens is 1. The number of hydrogen-bond donors (Lipinski definition) is 2. The lowest BCUT2D eigenvalue weighted by Gasteiger charge is -2.18. The number of carbonyl (C=O) groups is 1. The van der Waals surface area contributed by atoms with E-state index in [0.29, 0.717) is 30.4 Å². The molecule has 0 aliphatic carbocycles. The third kappa shape index (κ3) is 5.69. The van der Waals surface area contributed by atoms with Crippen molar-refractivity contribution in [2.75, 3.05) is 24.2 Å². The zero-order chi connectivity index (χ0) is 21.6. The smallest absolute Gasteiger partial charge is 0.243 e. The molecule has 3 aromatic rings. The second-order valence-corrected chi connectivity index (χ2v) is 10.2. The van der Waals surface area contributed by atoms with Crippen LogP contribution in [0, 0.1) is 0 Å². The molecule has 3 rings (SSSR count). The molecule has 2 aromatic heterocycles. The molecule has 2 heterocycles. The van der Waals surface area contributed by atoms with Crippen molar-refractivity contribution in [1.82, 2.24) is 19.5 Å². The van der Waals surface area contributed by atoms with Crippen molar-refractivity contribution in [2.45, 2.75) is 30.3 Å². The molecule has 0 fully saturated rings. The van der Waals surface area contributed by atoms with E-state index in [9.17, 15) is 13.2 Å². The summed E-state index contributed by atoms with van der Waals surface area (Å²) in [4.78, 5) is 18.0. The van der Waals surface area contributed by atoms with Crippen LogP contribution >= 0.6 is 23.1 Å². The Morgan fingerprint density at radius 2 is 1.93 bits per heavy atom. The second-order valence-electron chi connectivity index (χ2n) is 6.27. The van der Waals surface area contributed by atoms with Crippen LogP contribution < -0.4 is 5.32 Å².